The summed E-state index contributed by atoms with van der Waals surface area (Å²) in [6.45, 7) is 3.48. The van der Waals surface area contributed by atoms with Crippen LogP contribution in [0.1, 0.15) is 71.1 Å². The minimum absolute atomic E-state index is 0.682. The van der Waals surface area contributed by atoms with Crippen LogP contribution in [0.2, 0.25) is 0 Å². The Morgan fingerprint density at radius 3 is 2.27 bits per heavy atom. The van der Waals surface area contributed by atoms with Gasteiger partial charge in [0.15, 0.2) is 11.5 Å². The lowest BCUT2D eigenvalue weighted by Gasteiger charge is -2.21. The van der Waals surface area contributed by atoms with Gasteiger partial charge in [-0.25, -0.2) is 0 Å². The zero-order valence-electron chi connectivity index (χ0n) is 14.2. The number of unbranched alkanes of at least 4 members (excludes halogenated alkanes) is 3. The first-order valence-corrected chi connectivity index (χ1v) is 9.24. The highest BCUT2D eigenvalue weighted by Gasteiger charge is 2.12. The zero-order valence-corrected chi connectivity index (χ0v) is 14.2. The molecule has 0 radical (unpaired) electrons. The SMILES string of the molecule is CCOc1ccccc1OCCCCCCC1CCCCC1. The van der Waals surface area contributed by atoms with Crippen molar-refractivity contribution in [2.75, 3.05) is 13.2 Å². The van der Waals surface area contributed by atoms with E-state index < -0.39 is 0 Å². The van der Waals surface area contributed by atoms with Crippen molar-refractivity contribution >= 4 is 0 Å². The molecule has 124 valence electrons. The predicted molar refractivity (Wildman–Crippen MR) is 92.8 cm³/mol. The molecule has 1 aromatic rings. The van der Waals surface area contributed by atoms with Gasteiger partial charge in [0, 0.05) is 0 Å². The maximum absolute atomic E-state index is 5.86. The molecule has 0 spiro atoms. The number of hydrogen-bond acceptors (Lipinski definition) is 2. The first-order valence-electron chi connectivity index (χ1n) is 9.24. The number of para-hydroxylation sites is 2. The molecule has 2 rings (SSSR count). The summed E-state index contributed by atoms with van der Waals surface area (Å²) in [6, 6.07) is 7.96. The van der Waals surface area contributed by atoms with Crippen LogP contribution in [0.25, 0.3) is 0 Å². The standard InChI is InChI=1S/C20H32O2/c1-2-21-19-15-9-10-16-20(19)22-17-11-4-3-6-12-18-13-7-5-8-14-18/h9-10,15-16,18H,2-8,11-14,17H2,1H3. The molecule has 22 heavy (non-hydrogen) atoms. The third-order valence-electron chi connectivity index (χ3n) is 4.64. The van der Waals surface area contributed by atoms with Crippen molar-refractivity contribution in [3.8, 4) is 11.5 Å². The summed E-state index contributed by atoms with van der Waals surface area (Å²) in [6.07, 6.45) is 14.0. The molecular formula is C20H32O2. The van der Waals surface area contributed by atoms with Gasteiger partial charge in [-0.3, -0.25) is 0 Å². The molecule has 0 unspecified atom stereocenters. The summed E-state index contributed by atoms with van der Waals surface area (Å²) in [4.78, 5) is 0. The molecule has 1 fully saturated rings. The van der Waals surface area contributed by atoms with E-state index in [1.54, 1.807) is 0 Å². The van der Waals surface area contributed by atoms with Crippen LogP contribution in [0.15, 0.2) is 24.3 Å². The van der Waals surface area contributed by atoms with Gasteiger partial charge in [0.25, 0.3) is 0 Å². The Morgan fingerprint density at radius 2 is 1.55 bits per heavy atom. The van der Waals surface area contributed by atoms with E-state index >= 15 is 0 Å². The lowest BCUT2D eigenvalue weighted by Crippen LogP contribution is -2.06. The molecule has 0 bridgehead atoms. The van der Waals surface area contributed by atoms with E-state index in [0.717, 1.165) is 30.4 Å². The van der Waals surface area contributed by atoms with E-state index in [1.807, 2.05) is 31.2 Å². The maximum atomic E-state index is 5.86. The van der Waals surface area contributed by atoms with E-state index in [1.165, 1.54) is 57.8 Å². The molecule has 1 aliphatic rings. The Kier molecular flexibility index (Phi) is 8.22. The number of ether oxygens (including phenoxy) is 2. The van der Waals surface area contributed by atoms with E-state index in [-0.39, 0.29) is 0 Å². The van der Waals surface area contributed by atoms with Crippen LogP contribution in [-0.2, 0) is 0 Å². The van der Waals surface area contributed by atoms with Crippen LogP contribution in [0.3, 0.4) is 0 Å². The van der Waals surface area contributed by atoms with Crippen molar-refractivity contribution in [1.29, 1.82) is 0 Å². The van der Waals surface area contributed by atoms with Gasteiger partial charge in [-0.1, -0.05) is 69.9 Å². The Hall–Kier alpha value is -1.18. The number of benzene rings is 1. The number of rotatable bonds is 10. The third-order valence-corrected chi connectivity index (χ3v) is 4.64. The van der Waals surface area contributed by atoms with E-state index in [4.69, 9.17) is 9.47 Å². The topological polar surface area (TPSA) is 18.5 Å². The molecule has 0 amide bonds. The molecular weight excluding hydrogens is 272 g/mol. The second-order valence-corrected chi connectivity index (χ2v) is 6.44. The van der Waals surface area contributed by atoms with Gasteiger partial charge in [0.1, 0.15) is 0 Å². The average Bonchev–Trinajstić information content (AvgIpc) is 2.56. The van der Waals surface area contributed by atoms with Crippen LogP contribution in [0, 0.1) is 5.92 Å². The van der Waals surface area contributed by atoms with Crippen LogP contribution in [0.5, 0.6) is 11.5 Å². The fourth-order valence-corrected chi connectivity index (χ4v) is 3.39. The molecule has 1 aliphatic carbocycles. The monoisotopic (exact) mass is 304 g/mol. The summed E-state index contributed by atoms with van der Waals surface area (Å²) in [7, 11) is 0. The highest BCUT2D eigenvalue weighted by atomic mass is 16.5. The molecule has 1 saturated carbocycles. The Balaban J connectivity index is 1.52. The smallest absolute Gasteiger partial charge is 0.161 e. The maximum Gasteiger partial charge on any atom is 0.161 e. The molecule has 0 aromatic heterocycles. The van der Waals surface area contributed by atoms with Gasteiger partial charge in [0.05, 0.1) is 13.2 Å². The molecule has 0 saturated heterocycles. The Bertz CT molecular complexity index is 396. The second kappa shape index (κ2) is 10.5. The first-order chi connectivity index (χ1) is 10.9. The van der Waals surface area contributed by atoms with Crippen molar-refractivity contribution in [3.63, 3.8) is 0 Å². The van der Waals surface area contributed by atoms with Crippen molar-refractivity contribution in [2.24, 2.45) is 5.92 Å². The average molecular weight is 304 g/mol. The second-order valence-electron chi connectivity index (χ2n) is 6.44. The summed E-state index contributed by atoms with van der Waals surface area (Å²) in [5, 5.41) is 0. The molecule has 0 N–H and O–H groups in total. The Morgan fingerprint density at radius 1 is 0.864 bits per heavy atom. The molecule has 2 heteroatoms. The summed E-state index contributed by atoms with van der Waals surface area (Å²) < 4.78 is 11.4. The predicted octanol–water partition coefficient (Wildman–Crippen LogP) is 5.99. The van der Waals surface area contributed by atoms with Gasteiger partial charge in [-0.05, 0) is 31.4 Å². The highest BCUT2D eigenvalue weighted by Crippen LogP contribution is 2.28. The summed E-state index contributed by atoms with van der Waals surface area (Å²) in [5.41, 5.74) is 0. The van der Waals surface area contributed by atoms with Crippen LogP contribution < -0.4 is 9.47 Å². The number of hydrogen-bond donors (Lipinski definition) is 0. The zero-order chi connectivity index (χ0) is 15.5. The van der Waals surface area contributed by atoms with Crippen LogP contribution in [0.4, 0.5) is 0 Å². The molecule has 0 heterocycles. The van der Waals surface area contributed by atoms with Crippen LogP contribution in [-0.4, -0.2) is 13.2 Å². The lowest BCUT2D eigenvalue weighted by molar-refractivity contribution is 0.269. The summed E-state index contributed by atoms with van der Waals surface area (Å²) >= 11 is 0. The fourth-order valence-electron chi connectivity index (χ4n) is 3.39. The summed E-state index contributed by atoms with van der Waals surface area (Å²) in [5.74, 6) is 2.77. The van der Waals surface area contributed by atoms with Gasteiger partial charge >= 0.3 is 0 Å². The fraction of sp³-hybridized carbons (Fsp3) is 0.700. The minimum Gasteiger partial charge on any atom is -0.490 e. The van der Waals surface area contributed by atoms with Crippen molar-refractivity contribution in [1.82, 2.24) is 0 Å². The van der Waals surface area contributed by atoms with Gasteiger partial charge in [-0.2, -0.15) is 0 Å². The van der Waals surface area contributed by atoms with Crippen molar-refractivity contribution < 1.29 is 9.47 Å². The van der Waals surface area contributed by atoms with E-state index in [9.17, 15) is 0 Å². The Labute approximate surface area is 136 Å². The first kappa shape index (κ1) is 17.2. The van der Waals surface area contributed by atoms with E-state index in [2.05, 4.69) is 0 Å². The normalized spacial score (nSPS) is 15.7. The van der Waals surface area contributed by atoms with Gasteiger partial charge in [-0.15, -0.1) is 0 Å². The van der Waals surface area contributed by atoms with E-state index in [0.29, 0.717) is 6.61 Å². The quantitative estimate of drug-likeness (QED) is 0.494. The van der Waals surface area contributed by atoms with Gasteiger partial charge in [0.2, 0.25) is 0 Å². The molecule has 0 aliphatic heterocycles. The molecule has 2 nitrogen and oxygen atoms in total. The largest absolute Gasteiger partial charge is 0.490 e. The molecule has 0 atom stereocenters. The van der Waals surface area contributed by atoms with Crippen molar-refractivity contribution in [3.05, 3.63) is 24.3 Å². The van der Waals surface area contributed by atoms with Crippen molar-refractivity contribution in [2.45, 2.75) is 71.1 Å². The third kappa shape index (κ3) is 6.29. The highest BCUT2D eigenvalue weighted by molar-refractivity contribution is 5.39. The minimum atomic E-state index is 0.682. The van der Waals surface area contributed by atoms with Gasteiger partial charge < -0.3 is 9.47 Å². The van der Waals surface area contributed by atoms with Crippen LogP contribution >= 0.6 is 0 Å². The molecule has 1 aromatic carbocycles. The lowest BCUT2D eigenvalue weighted by atomic mass is 9.85.